The fraction of sp³-hybridized carbons (Fsp3) is 0.303. The van der Waals surface area contributed by atoms with Gasteiger partial charge in [0.1, 0.15) is 24.5 Å². The number of carbonyl (C=O) groups is 1. The van der Waals surface area contributed by atoms with Crippen molar-refractivity contribution in [3.63, 3.8) is 0 Å². The van der Waals surface area contributed by atoms with E-state index in [0.29, 0.717) is 45.5 Å². The molecule has 0 bridgehead atoms. The summed E-state index contributed by atoms with van der Waals surface area (Å²) in [5, 5.41) is 9.51. The Hall–Kier alpha value is -3.75. The second-order valence-corrected chi connectivity index (χ2v) is 11.9. The molecule has 1 fully saturated rings. The van der Waals surface area contributed by atoms with Gasteiger partial charge >= 0.3 is 5.97 Å². The number of halogens is 1. The number of rotatable bonds is 9. The minimum absolute atomic E-state index is 0.0735. The molecule has 1 unspecified atom stereocenters. The molecule has 0 amide bonds. The van der Waals surface area contributed by atoms with Crippen LogP contribution >= 0.6 is 23.4 Å². The lowest BCUT2D eigenvalue weighted by molar-refractivity contribution is -0.146. The number of aromatic nitrogens is 3. The van der Waals surface area contributed by atoms with E-state index in [0.717, 1.165) is 42.4 Å². The van der Waals surface area contributed by atoms with Gasteiger partial charge < -0.3 is 14.8 Å². The maximum absolute atomic E-state index is 13.9. The second kappa shape index (κ2) is 13.0. The molecule has 3 aromatic carbocycles. The fourth-order valence-corrected chi connectivity index (χ4v) is 6.59. The topological polar surface area (TPSA) is 78.3 Å². The Morgan fingerprint density at radius 1 is 1.00 bits per heavy atom. The van der Waals surface area contributed by atoms with Crippen LogP contribution < -0.4 is 10.1 Å². The Kier molecular flexibility index (Phi) is 8.81. The summed E-state index contributed by atoms with van der Waals surface area (Å²) in [6.07, 6.45) is 5.05. The van der Waals surface area contributed by atoms with Crippen LogP contribution in [0.2, 0.25) is 5.02 Å². The lowest BCUT2D eigenvalue weighted by Gasteiger charge is -2.30. The largest absolute Gasteiger partial charge is 0.489 e. The molecule has 4 aromatic rings. The molecule has 1 aromatic heterocycles. The van der Waals surface area contributed by atoms with Crippen LogP contribution in [-0.4, -0.2) is 26.8 Å². The SMILES string of the molecule is CC1=C(C(=O)OC2CCCCC2)C(c2ccccc2OCc2ccccc2)n2nc(SCc3ccccc3Cl)nc2N1. The van der Waals surface area contributed by atoms with Crippen molar-refractivity contribution in [3.8, 4) is 5.75 Å². The van der Waals surface area contributed by atoms with E-state index in [4.69, 9.17) is 31.2 Å². The van der Waals surface area contributed by atoms with Crippen LogP contribution in [-0.2, 0) is 21.9 Å². The third-order valence-corrected chi connectivity index (χ3v) is 8.90. The smallest absolute Gasteiger partial charge is 0.338 e. The summed E-state index contributed by atoms with van der Waals surface area (Å²) in [5.41, 5.74) is 4.09. The van der Waals surface area contributed by atoms with Crippen LogP contribution in [0.4, 0.5) is 5.95 Å². The summed E-state index contributed by atoms with van der Waals surface area (Å²) in [4.78, 5) is 18.7. The van der Waals surface area contributed by atoms with Gasteiger partial charge in [-0.25, -0.2) is 9.48 Å². The van der Waals surface area contributed by atoms with Gasteiger partial charge in [0.25, 0.3) is 0 Å². The number of thioether (sulfide) groups is 1. The molecule has 1 aliphatic carbocycles. The number of para-hydroxylation sites is 1. The van der Waals surface area contributed by atoms with Gasteiger partial charge in [0.2, 0.25) is 11.1 Å². The van der Waals surface area contributed by atoms with Crippen molar-refractivity contribution in [1.29, 1.82) is 0 Å². The summed E-state index contributed by atoms with van der Waals surface area (Å²) in [6, 6.07) is 25.0. The molecule has 1 aliphatic heterocycles. The van der Waals surface area contributed by atoms with Gasteiger partial charge in [0.05, 0.1) is 5.57 Å². The summed E-state index contributed by atoms with van der Waals surface area (Å²) < 4.78 is 14.2. The molecule has 2 aliphatic rings. The Balaban J connectivity index is 1.34. The Labute approximate surface area is 255 Å². The Morgan fingerprint density at radius 2 is 1.74 bits per heavy atom. The minimum atomic E-state index is -0.577. The van der Waals surface area contributed by atoms with Crippen molar-refractivity contribution < 1.29 is 14.3 Å². The van der Waals surface area contributed by atoms with Gasteiger partial charge in [0, 0.05) is 22.0 Å². The number of benzene rings is 3. The number of hydrogen-bond acceptors (Lipinski definition) is 7. The molecule has 1 atom stereocenters. The van der Waals surface area contributed by atoms with Crippen molar-refractivity contribution in [3.05, 3.63) is 112 Å². The fourth-order valence-electron chi connectivity index (χ4n) is 5.47. The predicted octanol–water partition coefficient (Wildman–Crippen LogP) is 7.97. The molecule has 42 heavy (non-hydrogen) atoms. The quantitative estimate of drug-likeness (QED) is 0.154. The monoisotopic (exact) mass is 600 g/mol. The van der Waals surface area contributed by atoms with Crippen molar-refractivity contribution in [2.24, 2.45) is 0 Å². The van der Waals surface area contributed by atoms with E-state index in [-0.39, 0.29) is 12.1 Å². The first-order valence-electron chi connectivity index (χ1n) is 14.3. The van der Waals surface area contributed by atoms with Gasteiger partial charge in [-0.15, -0.1) is 5.10 Å². The van der Waals surface area contributed by atoms with E-state index in [1.807, 2.05) is 85.8 Å². The van der Waals surface area contributed by atoms with Crippen LogP contribution in [0.1, 0.15) is 61.8 Å². The lowest BCUT2D eigenvalue weighted by Crippen LogP contribution is -2.32. The zero-order valence-electron chi connectivity index (χ0n) is 23.5. The number of nitrogens with zero attached hydrogens (tertiary/aromatic N) is 3. The summed E-state index contributed by atoms with van der Waals surface area (Å²) in [7, 11) is 0. The molecular formula is C33H33ClN4O3S. The van der Waals surface area contributed by atoms with E-state index in [1.54, 1.807) is 4.68 Å². The molecule has 0 saturated heterocycles. The predicted molar refractivity (Wildman–Crippen MR) is 166 cm³/mol. The molecule has 216 valence electrons. The first kappa shape index (κ1) is 28.4. The average Bonchev–Trinajstić information content (AvgIpc) is 3.42. The normalized spacial score (nSPS) is 17.0. The van der Waals surface area contributed by atoms with E-state index in [2.05, 4.69) is 5.32 Å². The molecule has 0 spiro atoms. The summed E-state index contributed by atoms with van der Waals surface area (Å²) in [5.74, 6) is 1.52. The van der Waals surface area contributed by atoms with Crippen molar-refractivity contribution in [1.82, 2.24) is 14.8 Å². The van der Waals surface area contributed by atoms with Crippen LogP contribution in [0.5, 0.6) is 5.75 Å². The van der Waals surface area contributed by atoms with Gasteiger partial charge in [0.15, 0.2) is 0 Å². The Bertz CT molecular complexity index is 1580. The summed E-state index contributed by atoms with van der Waals surface area (Å²) in [6.45, 7) is 2.29. The molecule has 9 heteroatoms. The van der Waals surface area contributed by atoms with E-state index < -0.39 is 6.04 Å². The number of carbonyl (C=O) groups excluding carboxylic acids is 1. The van der Waals surface area contributed by atoms with Gasteiger partial charge in [-0.05, 0) is 55.9 Å². The third-order valence-electron chi connectivity index (χ3n) is 7.64. The number of fused-ring (bicyclic) bond motifs is 1. The highest BCUT2D eigenvalue weighted by molar-refractivity contribution is 7.98. The molecule has 1 N–H and O–H groups in total. The number of hydrogen-bond donors (Lipinski definition) is 1. The standard InChI is InChI=1S/C33H33ClN4O3S/c1-22-29(31(39)41-25-15-6-3-7-16-25)30(26-17-9-11-19-28(26)40-20-23-12-4-2-5-13-23)38-32(35-22)36-33(37-38)42-21-24-14-8-10-18-27(24)34/h2,4-5,8-14,17-19,25,30H,3,6-7,15-16,20-21H2,1H3,(H,35,36,37). The van der Waals surface area contributed by atoms with Crippen LogP contribution in [0, 0.1) is 0 Å². The van der Waals surface area contributed by atoms with Crippen molar-refractivity contribution in [2.45, 2.75) is 68.7 Å². The van der Waals surface area contributed by atoms with Crippen LogP contribution in [0.3, 0.4) is 0 Å². The van der Waals surface area contributed by atoms with Crippen molar-refractivity contribution >= 4 is 35.3 Å². The highest BCUT2D eigenvalue weighted by atomic mass is 35.5. The molecule has 7 nitrogen and oxygen atoms in total. The second-order valence-electron chi connectivity index (χ2n) is 10.6. The highest BCUT2D eigenvalue weighted by Gasteiger charge is 2.37. The van der Waals surface area contributed by atoms with Gasteiger partial charge in [-0.3, -0.25) is 0 Å². The summed E-state index contributed by atoms with van der Waals surface area (Å²) >= 11 is 7.89. The average molecular weight is 601 g/mol. The zero-order valence-corrected chi connectivity index (χ0v) is 25.0. The maximum Gasteiger partial charge on any atom is 0.338 e. The van der Waals surface area contributed by atoms with Crippen molar-refractivity contribution in [2.75, 3.05) is 5.32 Å². The van der Waals surface area contributed by atoms with Gasteiger partial charge in [-0.2, -0.15) is 4.98 Å². The van der Waals surface area contributed by atoms with E-state index in [9.17, 15) is 4.79 Å². The maximum atomic E-state index is 13.9. The first-order chi connectivity index (χ1) is 20.6. The molecule has 6 rings (SSSR count). The molecule has 2 heterocycles. The lowest BCUT2D eigenvalue weighted by atomic mass is 9.94. The zero-order chi connectivity index (χ0) is 28.9. The van der Waals surface area contributed by atoms with Crippen LogP contribution in [0.15, 0.2) is 95.3 Å². The number of ether oxygens (including phenoxy) is 2. The number of allylic oxidation sites excluding steroid dienone is 1. The molecule has 0 radical (unpaired) electrons. The first-order valence-corrected chi connectivity index (χ1v) is 15.7. The number of nitrogens with one attached hydrogen (secondary N) is 1. The minimum Gasteiger partial charge on any atom is -0.489 e. The number of anilines is 1. The number of esters is 1. The van der Waals surface area contributed by atoms with Crippen LogP contribution in [0.25, 0.3) is 0 Å². The molecular weight excluding hydrogens is 568 g/mol. The molecule has 1 saturated carbocycles. The Morgan fingerprint density at radius 3 is 2.55 bits per heavy atom. The highest BCUT2D eigenvalue weighted by Crippen LogP contribution is 2.41. The van der Waals surface area contributed by atoms with E-state index in [1.165, 1.54) is 18.2 Å². The third kappa shape index (κ3) is 6.35. The van der Waals surface area contributed by atoms with Gasteiger partial charge in [-0.1, -0.05) is 96.5 Å². The van der Waals surface area contributed by atoms with E-state index >= 15 is 0 Å².